The lowest BCUT2D eigenvalue weighted by Crippen LogP contribution is -2.49. The second-order valence-electron chi connectivity index (χ2n) is 11.3. The molecule has 2 N–H and O–H groups in total. The molecule has 2 aromatic heterocycles. The molecular formula is C29H39F2N7O3. The van der Waals surface area contributed by atoms with Crippen molar-refractivity contribution in [2.45, 2.75) is 57.3 Å². The van der Waals surface area contributed by atoms with Crippen molar-refractivity contribution in [1.82, 2.24) is 24.4 Å². The van der Waals surface area contributed by atoms with Gasteiger partial charge in [0, 0.05) is 31.7 Å². The minimum absolute atomic E-state index is 0.0717. The molecular weight excluding hydrogens is 532 g/mol. The Kier molecular flexibility index (Phi) is 8.61. The predicted molar refractivity (Wildman–Crippen MR) is 152 cm³/mol. The van der Waals surface area contributed by atoms with Gasteiger partial charge in [0.15, 0.2) is 5.82 Å². The molecule has 0 amide bonds. The summed E-state index contributed by atoms with van der Waals surface area (Å²) in [4.78, 5) is 18.3. The van der Waals surface area contributed by atoms with Crippen molar-refractivity contribution in [3.63, 3.8) is 0 Å². The number of imidazole rings is 1. The van der Waals surface area contributed by atoms with Crippen LogP contribution in [0, 0.1) is 5.92 Å². The monoisotopic (exact) mass is 571 g/mol. The van der Waals surface area contributed by atoms with Crippen molar-refractivity contribution in [3.05, 3.63) is 36.2 Å². The molecule has 0 aliphatic carbocycles. The number of anilines is 2. The van der Waals surface area contributed by atoms with Crippen molar-refractivity contribution in [3.8, 4) is 5.82 Å². The van der Waals surface area contributed by atoms with Crippen LogP contribution in [0.1, 0.15) is 44.9 Å². The van der Waals surface area contributed by atoms with E-state index in [1.165, 1.54) is 4.57 Å². The number of halogens is 2. The summed E-state index contributed by atoms with van der Waals surface area (Å²) in [6.07, 6.45) is 1.32. The first kappa shape index (κ1) is 28.2. The van der Waals surface area contributed by atoms with Gasteiger partial charge in [-0.3, -0.25) is 4.57 Å². The third kappa shape index (κ3) is 6.30. The molecule has 3 aromatic rings. The van der Waals surface area contributed by atoms with Gasteiger partial charge in [-0.25, -0.2) is 13.8 Å². The summed E-state index contributed by atoms with van der Waals surface area (Å²) in [5.74, 6) is 1.61. The number of hydrogen-bond acceptors (Lipinski definition) is 9. The maximum Gasteiger partial charge on any atom is 0.296 e. The van der Waals surface area contributed by atoms with Crippen LogP contribution in [-0.4, -0.2) is 100 Å². The average Bonchev–Trinajstić information content (AvgIpc) is 3.40. The highest BCUT2D eigenvalue weighted by Gasteiger charge is 2.33. The van der Waals surface area contributed by atoms with Gasteiger partial charge in [-0.2, -0.15) is 9.97 Å². The molecule has 3 saturated heterocycles. The Balaban J connectivity index is 1.20. The normalized spacial score (nSPS) is 24.8. The first-order valence-corrected chi connectivity index (χ1v) is 14.7. The van der Waals surface area contributed by atoms with Crippen molar-refractivity contribution in [1.29, 1.82) is 0 Å². The molecule has 0 spiro atoms. The van der Waals surface area contributed by atoms with E-state index >= 15 is 0 Å². The lowest BCUT2D eigenvalue weighted by molar-refractivity contribution is -0.0951. The van der Waals surface area contributed by atoms with Gasteiger partial charge in [-0.15, -0.1) is 0 Å². The molecule has 3 fully saturated rings. The minimum Gasteiger partial charge on any atom is -0.394 e. The predicted octanol–water partition coefficient (Wildman–Crippen LogP) is 3.64. The number of aromatic nitrogens is 4. The first-order chi connectivity index (χ1) is 20.0. The Morgan fingerprint density at radius 1 is 1.05 bits per heavy atom. The molecule has 0 saturated carbocycles. The number of morpholine rings is 1. The third-order valence-corrected chi connectivity index (χ3v) is 8.51. The molecule has 10 nitrogen and oxygen atoms in total. The zero-order valence-corrected chi connectivity index (χ0v) is 23.5. The number of alkyl halides is 2. The fourth-order valence-corrected chi connectivity index (χ4v) is 6.37. The molecule has 5 heterocycles. The van der Waals surface area contributed by atoms with Crippen LogP contribution in [0.5, 0.6) is 0 Å². The van der Waals surface area contributed by atoms with E-state index in [0.717, 1.165) is 45.3 Å². The fourth-order valence-electron chi connectivity index (χ4n) is 6.37. The number of likely N-dealkylation sites (tertiary alicyclic amines) is 1. The Hall–Kier alpha value is -2.93. The van der Waals surface area contributed by atoms with Crippen molar-refractivity contribution >= 4 is 22.8 Å². The number of piperidine rings is 1. The Labute approximate surface area is 238 Å². The van der Waals surface area contributed by atoms with Crippen LogP contribution in [0.25, 0.3) is 16.9 Å². The van der Waals surface area contributed by atoms with Gasteiger partial charge in [0.2, 0.25) is 5.95 Å². The number of nitrogens with one attached hydrogen (secondary N) is 1. The molecule has 3 aliphatic heterocycles. The van der Waals surface area contributed by atoms with E-state index < -0.39 is 6.43 Å². The van der Waals surface area contributed by atoms with E-state index in [-0.39, 0.29) is 24.6 Å². The van der Waals surface area contributed by atoms with E-state index in [9.17, 15) is 13.9 Å². The largest absolute Gasteiger partial charge is 0.394 e. The number of aliphatic hydroxyl groups excluding tert-OH is 1. The number of aliphatic hydroxyl groups is 1. The SMILES string of the molecule is CC1CC(N2CCC(CNc3cc(-n4c(C(F)F)nc5ccccc54)nc(N4CCOCC4)n3)CC2)CC(CO)O1. The van der Waals surface area contributed by atoms with Crippen LogP contribution in [0.15, 0.2) is 30.3 Å². The standard InChI is InChI=1S/C29H39F2N7O3/c1-19-14-21(15-22(18-39)41-19)36-8-6-20(7-9-36)17-32-25-16-26(35-29(34-25)37-10-12-40-13-11-37)38-24-5-3-2-4-23(24)33-28(38)27(30)31/h2-5,16,19-22,27,39H,6-15,17-18H2,1H3,(H,32,34,35). The molecule has 41 heavy (non-hydrogen) atoms. The minimum atomic E-state index is -2.75. The molecule has 12 heteroatoms. The van der Waals surface area contributed by atoms with Crippen molar-refractivity contribution in [2.24, 2.45) is 5.92 Å². The summed E-state index contributed by atoms with van der Waals surface area (Å²) in [7, 11) is 0. The van der Waals surface area contributed by atoms with Crippen LogP contribution in [0.2, 0.25) is 0 Å². The lowest BCUT2D eigenvalue weighted by Gasteiger charge is -2.43. The van der Waals surface area contributed by atoms with E-state index in [1.807, 2.05) is 11.0 Å². The molecule has 222 valence electrons. The number of benzene rings is 1. The third-order valence-electron chi connectivity index (χ3n) is 8.51. The van der Waals surface area contributed by atoms with Crippen molar-refractivity contribution < 1.29 is 23.4 Å². The molecule has 3 aliphatic rings. The molecule has 3 atom stereocenters. The average molecular weight is 572 g/mol. The van der Waals surface area contributed by atoms with Crippen LogP contribution in [0.3, 0.4) is 0 Å². The number of hydrogen-bond donors (Lipinski definition) is 2. The second-order valence-corrected chi connectivity index (χ2v) is 11.3. The number of para-hydroxylation sites is 2. The number of nitrogens with zero attached hydrogens (tertiary/aromatic N) is 6. The quantitative estimate of drug-likeness (QED) is 0.420. The zero-order chi connectivity index (χ0) is 28.3. The number of ether oxygens (including phenoxy) is 2. The van der Waals surface area contributed by atoms with Gasteiger partial charge in [0.25, 0.3) is 6.43 Å². The van der Waals surface area contributed by atoms with E-state index in [1.54, 1.807) is 24.3 Å². The molecule has 1 aromatic carbocycles. The fraction of sp³-hybridized carbons (Fsp3) is 0.621. The van der Waals surface area contributed by atoms with Crippen LogP contribution < -0.4 is 10.2 Å². The smallest absolute Gasteiger partial charge is 0.296 e. The maximum absolute atomic E-state index is 14.1. The summed E-state index contributed by atoms with van der Waals surface area (Å²) in [5, 5.41) is 13.1. The van der Waals surface area contributed by atoms with E-state index in [0.29, 0.717) is 66.9 Å². The number of rotatable bonds is 8. The summed E-state index contributed by atoms with van der Waals surface area (Å²) >= 11 is 0. The zero-order valence-electron chi connectivity index (χ0n) is 23.5. The summed E-state index contributed by atoms with van der Waals surface area (Å²) in [6.45, 7) is 7.32. The topological polar surface area (TPSA) is 101 Å². The molecule has 0 radical (unpaired) electrons. The van der Waals surface area contributed by atoms with Gasteiger partial charge in [-0.05, 0) is 63.7 Å². The summed E-state index contributed by atoms with van der Waals surface area (Å²) in [5.41, 5.74) is 1.08. The van der Waals surface area contributed by atoms with Gasteiger partial charge >= 0.3 is 0 Å². The highest BCUT2D eigenvalue weighted by atomic mass is 19.3. The Morgan fingerprint density at radius 2 is 1.83 bits per heavy atom. The van der Waals surface area contributed by atoms with Crippen molar-refractivity contribution in [2.75, 3.05) is 62.8 Å². The first-order valence-electron chi connectivity index (χ1n) is 14.7. The van der Waals surface area contributed by atoms with E-state index in [2.05, 4.69) is 22.1 Å². The van der Waals surface area contributed by atoms with E-state index in [4.69, 9.17) is 19.4 Å². The second kappa shape index (κ2) is 12.5. The summed E-state index contributed by atoms with van der Waals surface area (Å²) in [6, 6.07) is 9.32. The highest BCUT2D eigenvalue weighted by Crippen LogP contribution is 2.30. The molecule has 3 unspecified atom stereocenters. The Morgan fingerprint density at radius 3 is 2.59 bits per heavy atom. The maximum atomic E-state index is 14.1. The van der Waals surface area contributed by atoms with Crippen LogP contribution in [0.4, 0.5) is 20.5 Å². The van der Waals surface area contributed by atoms with Gasteiger partial charge in [0.05, 0.1) is 43.1 Å². The highest BCUT2D eigenvalue weighted by molar-refractivity contribution is 5.78. The molecule has 0 bridgehead atoms. The molecule has 6 rings (SSSR count). The van der Waals surface area contributed by atoms with Crippen LogP contribution in [-0.2, 0) is 9.47 Å². The Bertz CT molecular complexity index is 1310. The number of fused-ring (bicyclic) bond motifs is 1. The summed E-state index contributed by atoms with van der Waals surface area (Å²) < 4.78 is 41.1. The van der Waals surface area contributed by atoms with Gasteiger partial charge in [-0.1, -0.05) is 12.1 Å². The lowest BCUT2D eigenvalue weighted by atomic mass is 9.91. The van der Waals surface area contributed by atoms with Gasteiger partial charge < -0.3 is 29.7 Å². The van der Waals surface area contributed by atoms with Gasteiger partial charge in [0.1, 0.15) is 11.6 Å². The van der Waals surface area contributed by atoms with Crippen LogP contribution >= 0.6 is 0 Å².